The van der Waals surface area contributed by atoms with E-state index in [1.807, 2.05) is 13.0 Å². The molecule has 1 aliphatic rings. The van der Waals surface area contributed by atoms with Crippen LogP contribution in [0.5, 0.6) is 5.75 Å². The van der Waals surface area contributed by atoms with E-state index >= 15 is 0 Å². The van der Waals surface area contributed by atoms with Crippen molar-refractivity contribution >= 4 is 5.97 Å². The normalized spacial score (nSPS) is 20.4. The van der Waals surface area contributed by atoms with Gasteiger partial charge in [0.2, 0.25) is 0 Å². The van der Waals surface area contributed by atoms with E-state index in [2.05, 4.69) is 15.3 Å². The Bertz CT molecular complexity index is 774. The molecule has 1 fully saturated rings. The van der Waals surface area contributed by atoms with Gasteiger partial charge in [-0.1, -0.05) is 5.21 Å². The van der Waals surface area contributed by atoms with Crippen LogP contribution in [0.1, 0.15) is 37.1 Å². The highest BCUT2D eigenvalue weighted by molar-refractivity contribution is 5.70. The van der Waals surface area contributed by atoms with Gasteiger partial charge >= 0.3 is 5.97 Å². The fourth-order valence-electron chi connectivity index (χ4n) is 3.21. The van der Waals surface area contributed by atoms with Gasteiger partial charge in [0, 0.05) is 7.05 Å². The molecule has 1 aliphatic carbocycles. The van der Waals surface area contributed by atoms with E-state index in [0.29, 0.717) is 41.4 Å². The Labute approximate surface area is 145 Å². The van der Waals surface area contributed by atoms with Crippen molar-refractivity contribution < 1.29 is 19.7 Å². The minimum absolute atomic E-state index is 0.106. The van der Waals surface area contributed by atoms with Gasteiger partial charge in [0.15, 0.2) is 0 Å². The molecule has 25 heavy (non-hydrogen) atoms. The van der Waals surface area contributed by atoms with Gasteiger partial charge in [-0.3, -0.25) is 4.79 Å². The lowest BCUT2D eigenvalue weighted by atomic mass is 9.87. The second-order valence-corrected chi connectivity index (χ2v) is 6.39. The van der Waals surface area contributed by atoms with Crippen molar-refractivity contribution in [1.29, 1.82) is 0 Å². The van der Waals surface area contributed by atoms with Crippen LogP contribution in [0.3, 0.4) is 0 Å². The monoisotopic (exact) mass is 346 g/mol. The Hall–Kier alpha value is -2.48. The van der Waals surface area contributed by atoms with Crippen LogP contribution in [0.2, 0.25) is 0 Å². The summed E-state index contributed by atoms with van der Waals surface area (Å²) in [5, 5.41) is 26.6. The van der Waals surface area contributed by atoms with E-state index < -0.39 is 5.97 Å². The zero-order valence-electron chi connectivity index (χ0n) is 14.3. The van der Waals surface area contributed by atoms with Crippen LogP contribution >= 0.6 is 0 Å². The van der Waals surface area contributed by atoms with Gasteiger partial charge in [-0.25, -0.2) is 9.67 Å². The van der Waals surface area contributed by atoms with Crippen molar-refractivity contribution in [2.24, 2.45) is 13.0 Å². The first-order valence-corrected chi connectivity index (χ1v) is 8.36. The topological polar surface area (TPSA) is 110 Å². The van der Waals surface area contributed by atoms with Crippen molar-refractivity contribution in [1.82, 2.24) is 20.0 Å². The lowest BCUT2D eigenvalue weighted by Gasteiger charge is -2.27. The number of rotatable bonds is 5. The Morgan fingerprint density at radius 2 is 2.20 bits per heavy atom. The third-order valence-corrected chi connectivity index (χ3v) is 4.64. The maximum atomic E-state index is 11.2. The number of hydrogen-bond acceptors (Lipinski definition) is 6. The van der Waals surface area contributed by atoms with Crippen molar-refractivity contribution in [3.63, 3.8) is 0 Å². The van der Waals surface area contributed by atoms with Gasteiger partial charge in [-0.2, -0.15) is 0 Å². The molecule has 0 spiro atoms. The summed E-state index contributed by atoms with van der Waals surface area (Å²) < 4.78 is 7.52. The first-order chi connectivity index (χ1) is 12.0. The van der Waals surface area contributed by atoms with Crippen molar-refractivity contribution in [3.05, 3.63) is 23.5 Å². The predicted octanol–water partition coefficient (Wildman–Crippen LogP) is 1.70. The quantitative estimate of drug-likeness (QED) is 0.847. The fraction of sp³-hybridized carbons (Fsp3) is 0.529. The third-order valence-electron chi connectivity index (χ3n) is 4.64. The van der Waals surface area contributed by atoms with E-state index in [0.717, 1.165) is 12.8 Å². The average molecular weight is 346 g/mol. The molecule has 0 amide bonds. The maximum absolute atomic E-state index is 11.2. The fourth-order valence-corrected chi connectivity index (χ4v) is 3.21. The molecule has 0 aromatic carbocycles. The number of aliphatic hydroxyl groups excluding tert-OH is 1. The number of carboxylic acids is 1. The number of aryl methyl sites for hydroxylation is 2. The highest BCUT2D eigenvalue weighted by atomic mass is 16.5. The van der Waals surface area contributed by atoms with Crippen molar-refractivity contribution in [2.75, 3.05) is 0 Å². The van der Waals surface area contributed by atoms with Crippen molar-refractivity contribution in [2.45, 2.75) is 45.3 Å². The van der Waals surface area contributed by atoms with Crippen molar-refractivity contribution in [3.8, 4) is 17.1 Å². The molecule has 0 aliphatic heterocycles. The Morgan fingerprint density at radius 3 is 2.88 bits per heavy atom. The van der Waals surface area contributed by atoms with E-state index in [4.69, 9.17) is 4.74 Å². The highest BCUT2D eigenvalue weighted by Gasteiger charge is 2.28. The summed E-state index contributed by atoms with van der Waals surface area (Å²) in [6.07, 6.45) is 2.83. The molecule has 2 aromatic rings. The molecule has 134 valence electrons. The molecule has 2 heterocycles. The molecule has 2 N–H and O–H groups in total. The number of pyridine rings is 1. The molecule has 2 aromatic heterocycles. The van der Waals surface area contributed by atoms with Crippen LogP contribution in [-0.4, -0.2) is 42.3 Å². The number of ether oxygens (including phenoxy) is 1. The molecule has 0 bridgehead atoms. The van der Waals surface area contributed by atoms with E-state index in [1.165, 1.54) is 4.68 Å². The first-order valence-electron chi connectivity index (χ1n) is 8.36. The SMILES string of the molecule is Cc1nc(-c2nnn(C)c2CO)ccc1O[C@H]1CCC[C@H](C(=O)O)C1. The second-order valence-electron chi connectivity index (χ2n) is 6.39. The minimum atomic E-state index is -0.752. The lowest BCUT2D eigenvalue weighted by molar-refractivity contribution is -0.143. The molecule has 0 radical (unpaired) electrons. The van der Waals surface area contributed by atoms with Gasteiger partial charge < -0.3 is 14.9 Å². The number of aliphatic carboxylic acids is 1. The molecule has 8 heteroatoms. The van der Waals surface area contributed by atoms with Crippen LogP contribution in [-0.2, 0) is 18.4 Å². The summed E-state index contributed by atoms with van der Waals surface area (Å²) in [7, 11) is 1.72. The molecule has 1 saturated carbocycles. The van der Waals surface area contributed by atoms with Crippen LogP contribution in [0.4, 0.5) is 0 Å². The van der Waals surface area contributed by atoms with Crippen LogP contribution < -0.4 is 4.74 Å². The zero-order valence-corrected chi connectivity index (χ0v) is 14.3. The summed E-state index contributed by atoms with van der Waals surface area (Å²) in [5.41, 5.74) is 2.46. The molecular weight excluding hydrogens is 324 g/mol. The highest BCUT2D eigenvalue weighted by Crippen LogP contribution is 2.30. The molecule has 8 nitrogen and oxygen atoms in total. The second kappa shape index (κ2) is 7.18. The van der Waals surface area contributed by atoms with Gasteiger partial charge in [-0.05, 0) is 44.7 Å². The number of aromatic nitrogens is 4. The summed E-state index contributed by atoms with van der Waals surface area (Å²) in [5.74, 6) is -0.440. The smallest absolute Gasteiger partial charge is 0.306 e. The standard InChI is InChI=1S/C17H22N4O4/c1-10-15(25-12-5-3-4-11(8-12)17(23)24)7-6-13(18-10)16-14(9-22)21(2)20-19-16/h6-7,11-12,22H,3-5,8-9H2,1-2H3,(H,23,24)/t11-,12-/m0/s1. The summed E-state index contributed by atoms with van der Waals surface area (Å²) >= 11 is 0. The van der Waals surface area contributed by atoms with Gasteiger partial charge in [0.1, 0.15) is 11.4 Å². The first kappa shape index (κ1) is 17.3. The Kier molecular flexibility index (Phi) is 4.98. The number of aliphatic hydroxyl groups is 1. The number of hydrogen-bond donors (Lipinski definition) is 2. The van der Waals surface area contributed by atoms with Crippen LogP contribution in [0.15, 0.2) is 12.1 Å². The maximum Gasteiger partial charge on any atom is 0.306 e. The van der Waals surface area contributed by atoms with E-state index in [-0.39, 0.29) is 18.6 Å². The largest absolute Gasteiger partial charge is 0.489 e. The number of carbonyl (C=O) groups is 1. The Balaban J connectivity index is 1.77. The molecule has 3 rings (SSSR count). The Morgan fingerprint density at radius 1 is 1.40 bits per heavy atom. The van der Waals surface area contributed by atoms with Gasteiger partial charge in [0.25, 0.3) is 0 Å². The van der Waals surface area contributed by atoms with Crippen LogP contribution in [0, 0.1) is 12.8 Å². The van der Waals surface area contributed by atoms with Gasteiger partial charge in [0.05, 0.1) is 35.7 Å². The van der Waals surface area contributed by atoms with Gasteiger partial charge in [-0.15, -0.1) is 5.10 Å². The third kappa shape index (κ3) is 3.63. The van der Waals surface area contributed by atoms with Crippen LogP contribution in [0.25, 0.3) is 11.4 Å². The van der Waals surface area contributed by atoms with E-state index in [1.54, 1.807) is 13.1 Å². The summed E-state index contributed by atoms with van der Waals surface area (Å²) in [6.45, 7) is 1.67. The average Bonchev–Trinajstić information content (AvgIpc) is 2.97. The molecular formula is C17H22N4O4. The summed E-state index contributed by atoms with van der Waals surface area (Å²) in [4.78, 5) is 15.7. The number of carboxylic acid groups (broad SMARTS) is 1. The predicted molar refractivity (Wildman–Crippen MR) is 88.9 cm³/mol. The van der Waals surface area contributed by atoms with E-state index in [9.17, 15) is 15.0 Å². The lowest BCUT2D eigenvalue weighted by Crippen LogP contribution is -2.29. The molecule has 0 saturated heterocycles. The summed E-state index contributed by atoms with van der Waals surface area (Å²) in [6, 6.07) is 3.60. The minimum Gasteiger partial charge on any atom is -0.489 e. The molecule has 2 atom stereocenters. The number of nitrogens with zero attached hydrogens (tertiary/aromatic N) is 4. The zero-order chi connectivity index (χ0) is 18.0. The molecule has 0 unspecified atom stereocenters.